The number of amides is 1. The predicted octanol–water partition coefficient (Wildman–Crippen LogP) is 1.51. The Hall–Kier alpha value is -2.11. The third-order valence-electron chi connectivity index (χ3n) is 2.49. The molecule has 0 aliphatic rings. The van der Waals surface area contributed by atoms with Gasteiger partial charge in [-0.05, 0) is 12.0 Å². The van der Waals surface area contributed by atoms with Crippen LogP contribution in [0, 0.1) is 5.92 Å². The number of carbonyl (C=O) groups is 2. The number of nitrogens with zero attached hydrogens (tertiary/aromatic N) is 1. The monoisotopic (exact) mass is 266 g/mol. The van der Waals surface area contributed by atoms with Gasteiger partial charge in [0, 0.05) is 18.0 Å². The van der Waals surface area contributed by atoms with E-state index in [1.54, 1.807) is 24.5 Å². The molecule has 1 aromatic heterocycles. The highest BCUT2D eigenvalue weighted by Crippen LogP contribution is 2.05. The molecule has 0 aliphatic heterocycles. The molecule has 0 aromatic carbocycles. The highest BCUT2D eigenvalue weighted by atomic mass is 16.6. The van der Waals surface area contributed by atoms with Crippen LogP contribution in [-0.4, -0.2) is 30.2 Å². The molecule has 0 aliphatic carbocycles. The number of pyridine rings is 1. The van der Waals surface area contributed by atoms with Gasteiger partial charge in [0.1, 0.15) is 12.6 Å². The van der Waals surface area contributed by atoms with E-state index in [2.05, 4.69) is 15.0 Å². The van der Waals surface area contributed by atoms with Gasteiger partial charge in [-0.1, -0.05) is 19.9 Å². The second-order valence-corrected chi connectivity index (χ2v) is 4.33. The summed E-state index contributed by atoms with van der Waals surface area (Å²) in [6, 6.07) is 2.83. The van der Waals surface area contributed by atoms with Gasteiger partial charge in [0.25, 0.3) is 0 Å². The van der Waals surface area contributed by atoms with Crippen LogP contribution in [0.2, 0.25) is 0 Å². The first-order chi connectivity index (χ1) is 9.04. The molecule has 0 spiro atoms. The molecular weight excluding hydrogens is 248 g/mol. The second-order valence-electron chi connectivity index (χ2n) is 4.33. The summed E-state index contributed by atoms with van der Waals surface area (Å²) in [5.41, 5.74) is 0.775. The first-order valence-corrected chi connectivity index (χ1v) is 5.94. The molecule has 19 heavy (non-hydrogen) atoms. The minimum Gasteiger partial charge on any atom is -0.467 e. The van der Waals surface area contributed by atoms with Crippen molar-refractivity contribution in [2.24, 2.45) is 5.92 Å². The number of carbonyl (C=O) groups excluding carboxylic acids is 2. The summed E-state index contributed by atoms with van der Waals surface area (Å²) in [6.07, 6.45) is 2.58. The van der Waals surface area contributed by atoms with Gasteiger partial charge >= 0.3 is 12.1 Å². The van der Waals surface area contributed by atoms with Crippen molar-refractivity contribution in [1.82, 2.24) is 10.3 Å². The Labute approximate surface area is 112 Å². The summed E-state index contributed by atoms with van der Waals surface area (Å²) in [4.78, 5) is 27.0. The van der Waals surface area contributed by atoms with Crippen LogP contribution in [0.25, 0.3) is 0 Å². The van der Waals surface area contributed by atoms with E-state index in [4.69, 9.17) is 4.74 Å². The molecule has 0 saturated heterocycles. The van der Waals surface area contributed by atoms with E-state index >= 15 is 0 Å². The summed E-state index contributed by atoms with van der Waals surface area (Å²) < 4.78 is 9.62. The zero-order chi connectivity index (χ0) is 14.3. The Morgan fingerprint density at radius 3 is 2.68 bits per heavy atom. The molecule has 0 radical (unpaired) electrons. The van der Waals surface area contributed by atoms with Crippen molar-refractivity contribution in [3.8, 4) is 0 Å². The fourth-order valence-electron chi connectivity index (χ4n) is 1.43. The molecule has 1 heterocycles. The number of nitrogens with one attached hydrogen (secondary N) is 1. The molecule has 0 bridgehead atoms. The zero-order valence-electron chi connectivity index (χ0n) is 11.3. The van der Waals surface area contributed by atoms with Gasteiger partial charge in [0.2, 0.25) is 0 Å². The van der Waals surface area contributed by atoms with Gasteiger partial charge in [0.05, 0.1) is 7.11 Å². The third kappa shape index (κ3) is 4.95. The molecule has 6 heteroatoms. The van der Waals surface area contributed by atoms with Gasteiger partial charge in [-0.3, -0.25) is 4.98 Å². The molecule has 1 aromatic rings. The lowest BCUT2D eigenvalue weighted by Gasteiger charge is -2.19. The molecule has 1 atom stereocenters. The Kier molecular flexibility index (Phi) is 5.78. The fraction of sp³-hybridized carbons (Fsp3) is 0.462. The first-order valence-electron chi connectivity index (χ1n) is 5.94. The molecular formula is C13H18N2O4. The number of hydrogen-bond donors (Lipinski definition) is 1. The minimum atomic E-state index is -0.716. The number of ether oxygens (including phenoxy) is 2. The van der Waals surface area contributed by atoms with E-state index in [-0.39, 0.29) is 12.5 Å². The number of methoxy groups -OCH3 is 1. The number of rotatable bonds is 5. The van der Waals surface area contributed by atoms with Crippen LogP contribution in [0.3, 0.4) is 0 Å². The quantitative estimate of drug-likeness (QED) is 0.817. The number of hydrogen-bond acceptors (Lipinski definition) is 5. The van der Waals surface area contributed by atoms with Crippen LogP contribution in [0.1, 0.15) is 19.4 Å². The number of alkyl carbamates (subject to hydrolysis) is 1. The largest absolute Gasteiger partial charge is 0.467 e. The van der Waals surface area contributed by atoms with Crippen molar-refractivity contribution < 1.29 is 19.1 Å². The summed E-state index contributed by atoms with van der Waals surface area (Å²) in [6.45, 7) is 3.72. The summed E-state index contributed by atoms with van der Waals surface area (Å²) in [5, 5.41) is 2.48. The third-order valence-corrected chi connectivity index (χ3v) is 2.49. The highest BCUT2D eigenvalue weighted by Gasteiger charge is 2.25. The molecule has 1 rings (SSSR count). The Bertz CT molecular complexity index is 420. The fourth-order valence-corrected chi connectivity index (χ4v) is 1.43. The molecule has 1 unspecified atom stereocenters. The maximum absolute atomic E-state index is 11.6. The zero-order valence-corrected chi connectivity index (χ0v) is 11.3. The highest BCUT2D eigenvalue weighted by molar-refractivity contribution is 5.81. The molecule has 1 N–H and O–H groups in total. The van der Waals surface area contributed by atoms with Crippen LogP contribution >= 0.6 is 0 Å². The smallest absolute Gasteiger partial charge is 0.408 e. The number of aromatic nitrogens is 1. The van der Waals surface area contributed by atoms with Gasteiger partial charge in [-0.2, -0.15) is 0 Å². The topological polar surface area (TPSA) is 77.5 Å². The van der Waals surface area contributed by atoms with Crippen molar-refractivity contribution in [1.29, 1.82) is 0 Å². The second kappa shape index (κ2) is 7.35. The van der Waals surface area contributed by atoms with E-state index in [9.17, 15) is 9.59 Å². The lowest BCUT2D eigenvalue weighted by Crippen LogP contribution is -2.45. The molecule has 0 fully saturated rings. The molecule has 1 amide bonds. The summed E-state index contributed by atoms with van der Waals surface area (Å²) in [7, 11) is 1.28. The summed E-state index contributed by atoms with van der Waals surface area (Å²) >= 11 is 0. The van der Waals surface area contributed by atoms with Crippen LogP contribution < -0.4 is 5.32 Å². The first kappa shape index (κ1) is 14.9. The standard InChI is InChI=1S/C13H18N2O4/c1-9(2)11(12(16)18-3)15-13(17)19-8-10-5-4-6-14-7-10/h4-7,9,11H,8H2,1-3H3,(H,15,17). The van der Waals surface area contributed by atoms with E-state index < -0.39 is 18.1 Å². The van der Waals surface area contributed by atoms with Crippen molar-refractivity contribution in [2.75, 3.05) is 7.11 Å². The summed E-state index contributed by atoms with van der Waals surface area (Å²) in [5.74, 6) is -0.577. The average molecular weight is 266 g/mol. The van der Waals surface area contributed by atoms with Crippen molar-refractivity contribution >= 4 is 12.1 Å². The Morgan fingerprint density at radius 1 is 1.42 bits per heavy atom. The van der Waals surface area contributed by atoms with Crippen LogP contribution in [0.5, 0.6) is 0 Å². The SMILES string of the molecule is COC(=O)C(NC(=O)OCc1cccnc1)C(C)C. The van der Waals surface area contributed by atoms with E-state index in [0.717, 1.165) is 5.56 Å². The maximum Gasteiger partial charge on any atom is 0.408 e. The van der Waals surface area contributed by atoms with E-state index in [1.807, 2.05) is 13.8 Å². The lowest BCUT2D eigenvalue weighted by atomic mass is 10.1. The van der Waals surface area contributed by atoms with Crippen LogP contribution in [-0.2, 0) is 20.9 Å². The maximum atomic E-state index is 11.6. The van der Waals surface area contributed by atoms with Crippen molar-refractivity contribution in [2.45, 2.75) is 26.5 Å². The Balaban J connectivity index is 2.47. The lowest BCUT2D eigenvalue weighted by molar-refractivity contribution is -0.144. The average Bonchev–Trinajstić information content (AvgIpc) is 2.42. The van der Waals surface area contributed by atoms with E-state index in [0.29, 0.717) is 0 Å². The normalized spacial score (nSPS) is 11.8. The Morgan fingerprint density at radius 2 is 2.16 bits per heavy atom. The van der Waals surface area contributed by atoms with Crippen LogP contribution in [0.15, 0.2) is 24.5 Å². The van der Waals surface area contributed by atoms with Gasteiger partial charge < -0.3 is 14.8 Å². The van der Waals surface area contributed by atoms with Crippen LogP contribution in [0.4, 0.5) is 4.79 Å². The van der Waals surface area contributed by atoms with Gasteiger partial charge in [0.15, 0.2) is 0 Å². The van der Waals surface area contributed by atoms with Crippen molar-refractivity contribution in [3.63, 3.8) is 0 Å². The van der Waals surface area contributed by atoms with Gasteiger partial charge in [-0.25, -0.2) is 9.59 Å². The van der Waals surface area contributed by atoms with Gasteiger partial charge in [-0.15, -0.1) is 0 Å². The molecule has 104 valence electrons. The molecule has 6 nitrogen and oxygen atoms in total. The predicted molar refractivity (Wildman–Crippen MR) is 68.2 cm³/mol. The van der Waals surface area contributed by atoms with Crippen molar-refractivity contribution in [3.05, 3.63) is 30.1 Å². The van der Waals surface area contributed by atoms with E-state index in [1.165, 1.54) is 7.11 Å². The molecule has 0 saturated carbocycles. The minimum absolute atomic E-state index is 0.0848. The number of esters is 1.